The summed E-state index contributed by atoms with van der Waals surface area (Å²) in [6.45, 7) is 7.46. The second-order valence-corrected chi connectivity index (χ2v) is 7.05. The van der Waals surface area contributed by atoms with E-state index >= 15 is 0 Å². The van der Waals surface area contributed by atoms with Crippen LogP contribution in [-0.2, 0) is 0 Å². The zero-order valence-electron chi connectivity index (χ0n) is 13.5. The molecule has 1 saturated carbocycles. The highest BCUT2D eigenvalue weighted by Crippen LogP contribution is 2.28. The third-order valence-electron chi connectivity index (χ3n) is 5.24. The Morgan fingerprint density at radius 2 is 1.95 bits per heavy atom. The van der Waals surface area contributed by atoms with E-state index in [-0.39, 0.29) is 18.2 Å². The van der Waals surface area contributed by atoms with E-state index in [1.165, 1.54) is 12.8 Å². The van der Waals surface area contributed by atoms with Gasteiger partial charge < -0.3 is 15.7 Å². The SMILES string of the molecule is CC1CCN(C(C)CNC(=O)NC2(CO)CCCC2)CC1. The van der Waals surface area contributed by atoms with Crippen molar-refractivity contribution in [1.29, 1.82) is 0 Å². The fourth-order valence-electron chi connectivity index (χ4n) is 3.50. The average Bonchev–Trinajstić information content (AvgIpc) is 2.94. The Hall–Kier alpha value is -0.810. The largest absolute Gasteiger partial charge is 0.394 e. The maximum absolute atomic E-state index is 12.1. The smallest absolute Gasteiger partial charge is 0.315 e. The van der Waals surface area contributed by atoms with Crippen molar-refractivity contribution in [3.63, 3.8) is 0 Å². The van der Waals surface area contributed by atoms with Crippen molar-refractivity contribution in [2.24, 2.45) is 5.92 Å². The predicted molar refractivity (Wildman–Crippen MR) is 84.3 cm³/mol. The molecule has 122 valence electrons. The highest BCUT2D eigenvalue weighted by atomic mass is 16.3. The Balaban J connectivity index is 1.70. The molecule has 2 aliphatic rings. The topological polar surface area (TPSA) is 64.6 Å². The van der Waals surface area contributed by atoms with Crippen LogP contribution in [0.1, 0.15) is 52.4 Å². The van der Waals surface area contributed by atoms with Gasteiger partial charge in [-0.15, -0.1) is 0 Å². The fraction of sp³-hybridized carbons (Fsp3) is 0.938. The van der Waals surface area contributed by atoms with Crippen LogP contribution in [-0.4, -0.2) is 53.9 Å². The molecule has 3 N–H and O–H groups in total. The quantitative estimate of drug-likeness (QED) is 0.724. The van der Waals surface area contributed by atoms with Gasteiger partial charge >= 0.3 is 6.03 Å². The number of hydrogen-bond donors (Lipinski definition) is 3. The Morgan fingerprint density at radius 1 is 1.33 bits per heavy atom. The van der Waals surface area contributed by atoms with Gasteiger partial charge in [0, 0.05) is 12.6 Å². The van der Waals surface area contributed by atoms with Crippen LogP contribution in [0.4, 0.5) is 4.79 Å². The zero-order chi connectivity index (χ0) is 15.3. The van der Waals surface area contributed by atoms with Gasteiger partial charge in [0.1, 0.15) is 0 Å². The molecule has 5 heteroatoms. The lowest BCUT2D eigenvalue weighted by atomic mass is 9.98. The summed E-state index contributed by atoms with van der Waals surface area (Å²) in [5, 5.41) is 15.5. The molecule has 1 atom stereocenters. The van der Waals surface area contributed by atoms with Crippen molar-refractivity contribution < 1.29 is 9.90 Å². The Kier molecular flexibility index (Phi) is 5.88. The van der Waals surface area contributed by atoms with Gasteiger partial charge in [-0.25, -0.2) is 4.79 Å². The van der Waals surface area contributed by atoms with E-state index in [0.29, 0.717) is 12.6 Å². The van der Waals surface area contributed by atoms with Gasteiger partial charge in [0.15, 0.2) is 0 Å². The number of amides is 2. The Morgan fingerprint density at radius 3 is 2.52 bits per heavy atom. The third-order valence-corrected chi connectivity index (χ3v) is 5.24. The summed E-state index contributed by atoms with van der Waals surface area (Å²) in [7, 11) is 0. The molecule has 1 aliphatic carbocycles. The minimum absolute atomic E-state index is 0.0417. The normalized spacial score (nSPS) is 24.7. The van der Waals surface area contributed by atoms with Crippen molar-refractivity contribution >= 4 is 6.03 Å². The first-order valence-electron chi connectivity index (χ1n) is 8.45. The van der Waals surface area contributed by atoms with E-state index in [0.717, 1.165) is 44.7 Å². The van der Waals surface area contributed by atoms with Crippen molar-refractivity contribution in [2.45, 2.75) is 64.0 Å². The summed E-state index contributed by atoms with van der Waals surface area (Å²) < 4.78 is 0. The Bertz CT molecular complexity index is 334. The summed E-state index contributed by atoms with van der Waals surface area (Å²) in [6, 6.07) is 0.236. The molecular formula is C16H31N3O2. The molecule has 1 heterocycles. The lowest BCUT2D eigenvalue weighted by Gasteiger charge is -2.35. The van der Waals surface area contributed by atoms with Crippen LogP contribution in [0.2, 0.25) is 0 Å². The van der Waals surface area contributed by atoms with Crippen molar-refractivity contribution in [2.75, 3.05) is 26.2 Å². The Labute approximate surface area is 128 Å². The molecule has 5 nitrogen and oxygen atoms in total. The molecule has 21 heavy (non-hydrogen) atoms. The molecule has 1 saturated heterocycles. The van der Waals surface area contributed by atoms with Crippen LogP contribution in [0.5, 0.6) is 0 Å². The summed E-state index contributed by atoms with van der Waals surface area (Å²) in [6.07, 6.45) is 6.45. The van der Waals surface area contributed by atoms with Gasteiger partial charge in [-0.3, -0.25) is 4.90 Å². The van der Waals surface area contributed by atoms with Gasteiger partial charge in [-0.2, -0.15) is 0 Å². The van der Waals surface area contributed by atoms with Crippen LogP contribution < -0.4 is 10.6 Å². The second kappa shape index (κ2) is 7.45. The molecule has 2 rings (SSSR count). The van der Waals surface area contributed by atoms with E-state index in [4.69, 9.17) is 0 Å². The van der Waals surface area contributed by atoms with Crippen molar-refractivity contribution in [1.82, 2.24) is 15.5 Å². The number of piperidine rings is 1. The van der Waals surface area contributed by atoms with Crippen LogP contribution in [0.15, 0.2) is 0 Å². The summed E-state index contributed by atoms with van der Waals surface area (Å²) >= 11 is 0. The van der Waals surface area contributed by atoms with E-state index in [2.05, 4.69) is 29.4 Å². The van der Waals surface area contributed by atoms with Gasteiger partial charge in [0.05, 0.1) is 12.1 Å². The van der Waals surface area contributed by atoms with Gasteiger partial charge in [0.25, 0.3) is 0 Å². The fourth-order valence-corrected chi connectivity index (χ4v) is 3.50. The molecule has 0 aromatic carbocycles. The van der Waals surface area contributed by atoms with Crippen LogP contribution in [0.25, 0.3) is 0 Å². The third kappa shape index (κ3) is 4.58. The first kappa shape index (κ1) is 16.6. The van der Waals surface area contributed by atoms with E-state index < -0.39 is 0 Å². The molecule has 0 radical (unpaired) electrons. The number of nitrogens with zero attached hydrogens (tertiary/aromatic N) is 1. The van der Waals surface area contributed by atoms with E-state index in [1.54, 1.807) is 0 Å². The molecule has 1 aliphatic heterocycles. The molecule has 0 aromatic heterocycles. The molecule has 0 spiro atoms. The molecule has 0 aromatic rings. The predicted octanol–water partition coefficient (Wildman–Crippen LogP) is 1.71. The number of rotatable bonds is 5. The number of nitrogens with one attached hydrogen (secondary N) is 2. The molecule has 2 amide bonds. The summed E-state index contributed by atoms with van der Waals surface area (Å²) in [5.41, 5.74) is -0.381. The van der Waals surface area contributed by atoms with E-state index in [9.17, 15) is 9.90 Å². The number of aliphatic hydroxyl groups excluding tert-OH is 1. The number of carbonyl (C=O) groups is 1. The summed E-state index contributed by atoms with van der Waals surface area (Å²) in [5.74, 6) is 0.830. The number of aliphatic hydroxyl groups is 1. The van der Waals surface area contributed by atoms with Crippen LogP contribution >= 0.6 is 0 Å². The number of hydrogen-bond acceptors (Lipinski definition) is 3. The monoisotopic (exact) mass is 297 g/mol. The highest BCUT2D eigenvalue weighted by molar-refractivity contribution is 5.74. The maximum Gasteiger partial charge on any atom is 0.315 e. The standard InChI is InChI=1S/C16H31N3O2/c1-13-5-9-19(10-6-13)14(2)11-17-15(21)18-16(12-20)7-3-4-8-16/h13-14,20H,3-12H2,1-2H3,(H2,17,18,21). The minimum atomic E-state index is -0.381. The highest BCUT2D eigenvalue weighted by Gasteiger charge is 2.34. The molecule has 1 unspecified atom stereocenters. The number of carbonyl (C=O) groups excluding carboxylic acids is 1. The maximum atomic E-state index is 12.1. The minimum Gasteiger partial charge on any atom is -0.394 e. The summed E-state index contributed by atoms with van der Waals surface area (Å²) in [4.78, 5) is 14.5. The van der Waals surface area contributed by atoms with Gasteiger partial charge in [-0.1, -0.05) is 19.8 Å². The van der Waals surface area contributed by atoms with E-state index in [1.807, 2.05) is 0 Å². The van der Waals surface area contributed by atoms with Crippen molar-refractivity contribution in [3.05, 3.63) is 0 Å². The number of likely N-dealkylation sites (tertiary alicyclic amines) is 1. The van der Waals surface area contributed by atoms with Crippen molar-refractivity contribution in [3.8, 4) is 0 Å². The van der Waals surface area contributed by atoms with Crippen LogP contribution in [0.3, 0.4) is 0 Å². The lowest BCUT2D eigenvalue weighted by Crippen LogP contribution is -2.54. The van der Waals surface area contributed by atoms with Gasteiger partial charge in [0.2, 0.25) is 0 Å². The average molecular weight is 297 g/mol. The lowest BCUT2D eigenvalue weighted by molar-refractivity contribution is 0.141. The molecule has 2 fully saturated rings. The van der Waals surface area contributed by atoms with Crippen LogP contribution in [0, 0.1) is 5.92 Å². The zero-order valence-corrected chi connectivity index (χ0v) is 13.5. The van der Waals surface area contributed by atoms with Gasteiger partial charge in [-0.05, 0) is 51.6 Å². The first-order chi connectivity index (χ1) is 10.0. The molecule has 0 bridgehead atoms. The second-order valence-electron chi connectivity index (χ2n) is 7.05. The number of urea groups is 1. The first-order valence-corrected chi connectivity index (χ1v) is 8.45. The molecular weight excluding hydrogens is 266 g/mol.